The quantitative estimate of drug-likeness (QED) is 0.271. The van der Waals surface area contributed by atoms with E-state index in [0.717, 1.165) is 17.7 Å². The molecule has 3 aromatic heterocycles. The number of methoxy groups -OCH3 is 1. The third kappa shape index (κ3) is 4.72. The summed E-state index contributed by atoms with van der Waals surface area (Å²) in [5, 5.41) is 0. The highest BCUT2D eigenvalue weighted by Gasteiger charge is 2.29. The summed E-state index contributed by atoms with van der Waals surface area (Å²) < 4.78 is 44.2. The topological polar surface area (TPSA) is 75.0 Å². The van der Waals surface area contributed by atoms with Gasteiger partial charge in [0.25, 0.3) is 0 Å². The first-order valence-electron chi connectivity index (χ1n) is 10.7. The molecule has 1 aliphatic rings. The van der Waals surface area contributed by atoms with Crippen LogP contribution in [-0.4, -0.2) is 33.9 Å². The van der Waals surface area contributed by atoms with E-state index in [-0.39, 0.29) is 29.3 Å². The van der Waals surface area contributed by atoms with Crippen LogP contribution in [0.1, 0.15) is 34.5 Å². The molecule has 0 radical (unpaired) electrons. The van der Waals surface area contributed by atoms with Gasteiger partial charge in [-0.2, -0.15) is 8.78 Å². The number of hydrogen-bond acceptors (Lipinski definition) is 7. The molecule has 0 spiro atoms. The molecule has 7 nitrogen and oxygen atoms in total. The summed E-state index contributed by atoms with van der Waals surface area (Å²) >= 11 is 1.51. The van der Waals surface area contributed by atoms with Crippen molar-refractivity contribution < 1.29 is 27.8 Å². The van der Waals surface area contributed by atoms with Crippen LogP contribution in [-0.2, 0) is 6.61 Å². The first-order chi connectivity index (χ1) is 16.5. The van der Waals surface area contributed by atoms with Crippen molar-refractivity contribution in [1.29, 1.82) is 0 Å². The van der Waals surface area contributed by atoms with Crippen molar-refractivity contribution in [2.75, 3.05) is 7.11 Å². The Morgan fingerprint density at radius 2 is 2.06 bits per heavy atom. The van der Waals surface area contributed by atoms with Crippen LogP contribution < -0.4 is 14.2 Å². The van der Waals surface area contributed by atoms with Crippen molar-refractivity contribution in [3.8, 4) is 28.5 Å². The number of fused-ring (bicyclic) bond motifs is 1. The normalized spacial score (nSPS) is 13.4. The number of ketones is 1. The molecule has 1 aliphatic carbocycles. The van der Waals surface area contributed by atoms with Crippen LogP contribution in [0.5, 0.6) is 17.2 Å². The lowest BCUT2D eigenvalue weighted by molar-refractivity contribution is -0.0502. The number of carbonyl (C=O) groups excluding carboxylic acids is 1. The van der Waals surface area contributed by atoms with Gasteiger partial charge >= 0.3 is 6.61 Å². The monoisotopic (exact) mass is 485 g/mol. The number of alkyl halides is 2. The second-order valence-electron chi connectivity index (χ2n) is 7.99. The number of benzene rings is 1. The van der Waals surface area contributed by atoms with E-state index in [1.165, 1.54) is 24.5 Å². The number of halogens is 2. The predicted octanol–water partition coefficient (Wildman–Crippen LogP) is 5.63. The molecule has 0 bridgehead atoms. The molecule has 34 heavy (non-hydrogen) atoms. The second kappa shape index (κ2) is 9.38. The van der Waals surface area contributed by atoms with Crippen molar-refractivity contribution >= 4 is 22.8 Å². The third-order valence-corrected chi connectivity index (χ3v) is 6.35. The maximum Gasteiger partial charge on any atom is 0.387 e. The van der Waals surface area contributed by atoms with Crippen LogP contribution in [0.2, 0.25) is 0 Å². The van der Waals surface area contributed by atoms with Crippen LogP contribution in [0.3, 0.4) is 0 Å². The molecule has 0 aliphatic heterocycles. The number of Topliss-reactive ketones (excluding diaryl/α,β-unsaturated/α-hetero) is 1. The summed E-state index contributed by atoms with van der Waals surface area (Å²) in [6.07, 6.45) is 7.38. The van der Waals surface area contributed by atoms with E-state index < -0.39 is 6.61 Å². The fourth-order valence-electron chi connectivity index (χ4n) is 3.78. The molecular formula is C24H21F2N3O4S. The van der Waals surface area contributed by atoms with Crippen molar-refractivity contribution in [1.82, 2.24) is 14.4 Å². The summed E-state index contributed by atoms with van der Waals surface area (Å²) in [6.45, 7) is -2.68. The van der Waals surface area contributed by atoms with E-state index in [1.807, 2.05) is 0 Å². The predicted molar refractivity (Wildman–Crippen MR) is 122 cm³/mol. The van der Waals surface area contributed by atoms with Gasteiger partial charge in [-0.3, -0.25) is 14.2 Å². The van der Waals surface area contributed by atoms with Crippen LogP contribution in [0, 0.1) is 5.92 Å². The minimum absolute atomic E-state index is 0.0472. The average Bonchev–Trinajstić information content (AvgIpc) is 3.30. The van der Waals surface area contributed by atoms with Crippen LogP contribution in [0.15, 0.2) is 48.4 Å². The summed E-state index contributed by atoms with van der Waals surface area (Å²) in [6, 6.07) is 6.66. The molecule has 0 unspecified atom stereocenters. The van der Waals surface area contributed by atoms with Crippen LogP contribution >= 0.6 is 11.3 Å². The molecule has 0 amide bonds. The van der Waals surface area contributed by atoms with E-state index in [4.69, 9.17) is 14.2 Å². The molecule has 1 aromatic carbocycles. The SMILES string of the molecule is COc1cc(-c2cnc3cc(OCc4cncs4)ccn23)cc(OC(F)F)c1C(=O)CC1CC1. The minimum atomic E-state index is -3.08. The first-order valence-corrected chi connectivity index (χ1v) is 11.6. The molecule has 3 heterocycles. The second-order valence-corrected chi connectivity index (χ2v) is 8.96. The zero-order valence-corrected chi connectivity index (χ0v) is 19.1. The maximum atomic E-state index is 13.2. The number of thiazole rings is 1. The van der Waals surface area contributed by atoms with E-state index in [0.29, 0.717) is 35.2 Å². The summed E-state index contributed by atoms with van der Waals surface area (Å²) in [7, 11) is 1.40. The molecule has 4 aromatic rings. The largest absolute Gasteiger partial charge is 0.496 e. The highest BCUT2D eigenvalue weighted by Crippen LogP contribution is 2.40. The number of hydrogen-bond donors (Lipinski definition) is 0. The molecular weight excluding hydrogens is 464 g/mol. The van der Waals surface area contributed by atoms with E-state index in [2.05, 4.69) is 9.97 Å². The maximum absolute atomic E-state index is 13.2. The van der Waals surface area contributed by atoms with Crippen molar-refractivity contribution in [2.45, 2.75) is 32.5 Å². The highest BCUT2D eigenvalue weighted by molar-refractivity contribution is 7.09. The summed E-state index contributed by atoms with van der Waals surface area (Å²) in [5.41, 5.74) is 3.56. The number of nitrogens with zero attached hydrogens (tertiary/aromatic N) is 3. The van der Waals surface area contributed by atoms with Gasteiger partial charge in [0.1, 0.15) is 35.1 Å². The first kappa shape index (κ1) is 22.3. The Labute approximate surface area is 197 Å². The zero-order valence-electron chi connectivity index (χ0n) is 18.2. The summed E-state index contributed by atoms with van der Waals surface area (Å²) in [5.74, 6) is 0.663. The number of carbonyl (C=O) groups is 1. The molecule has 0 N–H and O–H groups in total. The Morgan fingerprint density at radius 3 is 2.76 bits per heavy atom. The van der Waals surface area contributed by atoms with Gasteiger partial charge in [-0.15, -0.1) is 11.3 Å². The molecule has 1 fully saturated rings. The lowest BCUT2D eigenvalue weighted by Crippen LogP contribution is -2.11. The fourth-order valence-corrected chi connectivity index (χ4v) is 4.29. The number of ether oxygens (including phenoxy) is 3. The molecule has 176 valence electrons. The molecule has 0 atom stereocenters. The number of aromatic nitrogens is 3. The van der Waals surface area contributed by atoms with Gasteiger partial charge in [-0.1, -0.05) is 0 Å². The van der Waals surface area contributed by atoms with Crippen LogP contribution in [0.4, 0.5) is 8.78 Å². The highest BCUT2D eigenvalue weighted by atomic mass is 32.1. The van der Waals surface area contributed by atoms with Crippen molar-refractivity contribution in [3.05, 3.63) is 58.8 Å². The lowest BCUT2D eigenvalue weighted by atomic mass is 10.00. The molecule has 5 rings (SSSR count). The number of imidazole rings is 1. The Balaban J connectivity index is 1.49. The van der Waals surface area contributed by atoms with E-state index in [9.17, 15) is 13.6 Å². The molecule has 0 saturated heterocycles. The van der Waals surface area contributed by atoms with Gasteiger partial charge in [0.15, 0.2) is 5.78 Å². The number of pyridine rings is 1. The van der Waals surface area contributed by atoms with E-state index in [1.54, 1.807) is 46.7 Å². The molecule has 1 saturated carbocycles. The van der Waals surface area contributed by atoms with E-state index >= 15 is 0 Å². The van der Waals surface area contributed by atoms with Gasteiger partial charge < -0.3 is 14.2 Å². The van der Waals surface area contributed by atoms with Gasteiger partial charge in [0.05, 0.1) is 29.4 Å². The standard InChI is InChI=1S/C24H21F2N3O4S/c1-31-20-7-15(8-21(33-24(25)26)23(20)19(30)6-14-2-3-14)18-11-28-22-9-16(4-5-29(18)22)32-12-17-10-27-13-34-17/h4-5,7-11,13-14,24H,2-3,6,12H2,1H3. The Morgan fingerprint density at radius 1 is 1.24 bits per heavy atom. The Bertz CT molecular complexity index is 1320. The third-order valence-electron chi connectivity index (χ3n) is 5.60. The van der Waals surface area contributed by atoms with Gasteiger partial charge in [0, 0.05) is 30.4 Å². The average molecular weight is 486 g/mol. The fraction of sp³-hybridized carbons (Fsp3) is 0.292. The van der Waals surface area contributed by atoms with Crippen molar-refractivity contribution in [2.24, 2.45) is 5.92 Å². The zero-order chi connectivity index (χ0) is 23.7. The smallest absolute Gasteiger partial charge is 0.387 e. The minimum Gasteiger partial charge on any atom is -0.496 e. The van der Waals surface area contributed by atoms with Crippen LogP contribution in [0.25, 0.3) is 16.9 Å². The Hall–Kier alpha value is -3.53. The summed E-state index contributed by atoms with van der Waals surface area (Å²) in [4.78, 5) is 22.3. The van der Waals surface area contributed by atoms with Gasteiger partial charge in [-0.25, -0.2) is 4.98 Å². The lowest BCUT2D eigenvalue weighted by Gasteiger charge is -2.16. The number of rotatable bonds is 10. The molecule has 10 heteroatoms. The van der Waals surface area contributed by atoms with Crippen molar-refractivity contribution in [3.63, 3.8) is 0 Å². The Kier molecular flexibility index (Phi) is 6.14. The van der Waals surface area contributed by atoms with Gasteiger partial charge in [0.2, 0.25) is 0 Å². The van der Waals surface area contributed by atoms with Gasteiger partial charge in [-0.05, 0) is 37.0 Å².